The Labute approximate surface area is 133 Å². The van der Waals surface area contributed by atoms with Crippen molar-refractivity contribution in [2.75, 3.05) is 4.72 Å². The minimum absolute atomic E-state index is 0.140. The Hall–Kier alpha value is -2.54. The van der Waals surface area contributed by atoms with Crippen molar-refractivity contribution in [2.24, 2.45) is 0 Å². The molecule has 6 nitrogen and oxygen atoms in total. The van der Waals surface area contributed by atoms with Crippen molar-refractivity contribution >= 4 is 26.7 Å². The molecular formula is C16H17N3O3S. The molecule has 0 aliphatic carbocycles. The van der Waals surface area contributed by atoms with Crippen molar-refractivity contribution < 1.29 is 8.42 Å². The molecular weight excluding hydrogens is 314 g/mol. The number of imidazole rings is 1. The Morgan fingerprint density at radius 1 is 0.913 bits per heavy atom. The molecule has 3 aromatic rings. The first-order valence-electron chi connectivity index (χ1n) is 7.09. The van der Waals surface area contributed by atoms with Gasteiger partial charge in [-0.3, -0.25) is 4.72 Å². The van der Waals surface area contributed by atoms with E-state index < -0.39 is 10.0 Å². The van der Waals surface area contributed by atoms with Gasteiger partial charge in [0, 0.05) is 0 Å². The van der Waals surface area contributed by atoms with Gasteiger partial charge < -0.3 is 9.97 Å². The van der Waals surface area contributed by atoms with Gasteiger partial charge in [0.1, 0.15) is 0 Å². The van der Waals surface area contributed by atoms with Crippen LogP contribution in [0.2, 0.25) is 0 Å². The second kappa shape index (κ2) is 5.27. The molecule has 3 rings (SSSR count). The number of benzene rings is 2. The van der Waals surface area contributed by atoms with Crippen LogP contribution in [0.25, 0.3) is 11.0 Å². The number of aromatic nitrogens is 2. The summed E-state index contributed by atoms with van der Waals surface area (Å²) < 4.78 is 28.1. The zero-order chi connectivity index (χ0) is 16.8. The summed E-state index contributed by atoms with van der Waals surface area (Å²) in [6.45, 7) is 5.44. The summed E-state index contributed by atoms with van der Waals surface area (Å²) in [5.74, 6) is 0. The van der Waals surface area contributed by atoms with Crippen LogP contribution in [0.5, 0.6) is 0 Å². The maximum absolute atomic E-state index is 12.7. The first-order chi connectivity index (χ1) is 10.8. The first-order valence-corrected chi connectivity index (χ1v) is 8.57. The monoisotopic (exact) mass is 331 g/mol. The number of nitrogens with one attached hydrogen (secondary N) is 3. The lowest BCUT2D eigenvalue weighted by Crippen LogP contribution is -2.15. The van der Waals surface area contributed by atoms with E-state index >= 15 is 0 Å². The molecule has 0 saturated heterocycles. The smallest absolute Gasteiger partial charge is 0.306 e. The molecule has 1 heterocycles. The predicted molar refractivity (Wildman–Crippen MR) is 90.4 cm³/mol. The van der Waals surface area contributed by atoms with Gasteiger partial charge in [0.2, 0.25) is 0 Å². The minimum Gasteiger partial charge on any atom is -0.306 e. The average Bonchev–Trinajstić information content (AvgIpc) is 2.80. The normalized spacial score (nSPS) is 11.8. The molecule has 1 aromatic heterocycles. The third-order valence-electron chi connectivity index (χ3n) is 3.74. The summed E-state index contributed by atoms with van der Waals surface area (Å²) in [6, 6.07) is 8.70. The van der Waals surface area contributed by atoms with Crippen LogP contribution in [-0.2, 0) is 10.0 Å². The van der Waals surface area contributed by atoms with Crippen molar-refractivity contribution in [2.45, 2.75) is 25.7 Å². The van der Waals surface area contributed by atoms with E-state index in [2.05, 4.69) is 14.7 Å². The zero-order valence-electron chi connectivity index (χ0n) is 13.0. The van der Waals surface area contributed by atoms with Crippen molar-refractivity contribution in [3.63, 3.8) is 0 Å². The van der Waals surface area contributed by atoms with E-state index in [9.17, 15) is 13.2 Å². The van der Waals surface area contributed by atoms with Crippen LogP contribution >= 0.6 is 0 Å². The highest BCUT2D eigenvalue weighted by molar-refractivity contribution is 7.92. The van der Waals surface area contributed by atoms with Crippen molar-refractivity contribution in [3.05, 3.63) is 57.5 Å². The van der Waals surface area contributed by atoms with Crippen molar-refractivity contribution in [3.8, 4) is 0 Å². The minimum atomic E-state index is -3.75. The summed E-state index contributed by atoms with van der Waals surface area (Å²) in [7, 11) is -3.75. The fourth-order valence-electron chi connectivity index (χ4n) is 2.51. The number of anilines is 1. The molecule has 0 aliphatic heterocycles. The van der Waals surface area contributed by atoms with Crippen LogP contribution in [0.15, 0.2) is 40.0 Å². The van der Waals surface area contributed by atoms with E-state index in [1.807, 2.05) is 26.0 Å². The molecule has 0 atom stereocenters. The van der Waals surface area contributed by atoms with E-state index in [4.69, 9.17) is 0 Å². The lowest BCUT2D eigenvalue weighted by atomic mass is 10.1. The summed E-state index contributed by atoms with van der Waals surface area (Å²) in [4.78, 5) is 16.7. The maximum atomic E-state index is 12.7. The third-order valence-corrected chi connectivity index (χ3v) is 5.25. The van der Waals surface area contributed by atoms with Gasteiger partial charge in [-0.15, -0.1) is 0 Å². The Morgan fingerprint density at radius 2 is 1.57 bits per heavy atom. The number of rotatable bonds is 3. The molecule has 23 heavy (non-hydrogen) atoms. The summed E-state index contributed by atoms with van der Waals surface area (Å²) in [6.07, 6.45) is 0. The van der Waals surface area contributed by atoms with Crippen LogP contribution in [0.1, 0.15) is 16.7 Å². The van der Waals surface area contributed by atoms with E-state index in [1.54, 1.807) is 19.1 Å². The van der Waals surface area contributed by atoms with Crippen LogP contribution in [0, 0.1) is 20.8 Å². The molecule has 2 aromatic carbocycles. The Morgan fingerprint density at radius 3 is 2.26 bits per heavy atom. The lowest BCUT2D eigenvalue weighted by molar-refractivity contribution is 0.600. The second-order valence-electron chi connectivity index (χ2n) is 5.67. The molecule has 7 heteroatoms. The van der Waals surface area contributed by atoms with Crippen LogP contribution < -0.4 is 10.4 Å². The third kappa shape index (κ3) is 2.87. The maximum Gasteiger partial charge on any atom is 0.323 e. The summed E-state index contributed by atoms with van der Waals surface area (Å²) in [5, 5.41) is 0. The van der Waals surface area contributed by atoms with E-state index in [0.29, 0.717) is 22.3 Å². The highest BCUT2D eigenvalue weighted by atomic mass is 32.2. The molecule has 0 aliphatic rings. The SMILES string of the molecule is Cc1ccc(C)c(NS(=O)(=O)c2cc3[nH]c(=O)[nH]c3cc2C)c1. The number of aryl methyl sites for hydroxylation is 3. The molecule has 0 radical (unpaired) electrons. The van der Waals surface area contributed by atoms with Crippen molar-refractivity contribution in [1.82, 2.24) is 9.97 Å². The Balaban J connectivity index is 2.10. The van der Waals surface area contributed by atoms with Gasteiger partial charge in [-0.25, -0.2) is 13.2 Å². The van der Waals surface area contributed by atoms with Crippen molar-refractivity contribution in [1.29, 1.82) is 0 Å². The van der Waals surface area contributed by atoms with Gasteiger partial charge >= 0.3 is 5.69 Å². The number of hydrogen-bond donors (Lipinski definition) is 3. The van der Waals surface area contributed by atoms with Crippen LogP contribution in [0.4, 0.5) is 5.69 Å². The number of hydrogen-bond acceptors (Lipinski definition) is 3. The quantitative estimate of drug-likeness (QED) is 0.688. The van der Waals surface area contributed by atoms with Gasteiger partial charge in [-0.05, 0) is 55.7 Å². The first kappa shape index (κ1) is 15.4. The number of fused-ring (bicyclic) bond motifs is 1. The second-order valence-corrected chi connectivity index (χ2v) is 7.32. The van der Waals surface area contributed by atoms with Gasteiger partial charge in [-0.2, -0.15) is 0 Å². The van der Waals surface area contributed by atoms with E-state index in [-0.39, 0.29) is 10.6 Å². The Kier molecular flexibility index (Phi) is 3.52. The highest BCUT2D eigenvalue weighted by Gasteiger charge is 2.19. The average molecular weight is 331 g/mol. The number of sulfonamides is 1. The summed E-state index contributed by atoms with van der Waals surface area (Å²) in [5.41, 5.74) is 3.59. The number of H-pyrrole nitrogens is 2. The molecule has 0 amide bonds. The van der Waals surface area contributed by atoms with E-state index in [1.165, 1.54) is 6.07 Å². The fraction of sp³-hybridized carbons (Fsp3) is 0.188. The largest absolute Gasteiger partial charge is 0.323 e. The molecule has 0 bridgehead atoms. The topological polar surface area (TPSA) is 94.8 Å². The van der Waals surface area contributed by atoms with Crippen LogP contribution in [0.3, 0.4) is 0 Å². The molecule has 0 unspecified atom stereocenters. The molecule has 0 fully saturated rings. The van der Waals surface area contributed by atoms with Crippen LogP contribution in [-0.4, -0.2) is 18.4 Å². The van der Waals surface area contributed by atoms with Gasteiger partial charge in [0.25, 0.3) is 10.0 Å². The highest BCUT2D eigenvalue weighted by Crippen LogP contribution is 2.25. The molecule has 3 N–H and O–H groups in total. The molecule has 0 spiro atoms. The van der Waals surface area contributed by atoms with Gasteiger partial charge in [-0.1, -0.05) is 12.1 Å². The number of aromatic amines is 2. The fourth-order valence-corrected chi connectivity index (χ4v) is 3.88. The standard InChI is InChI=1S/C16H17N3O3S/c1-9-4-5-10(2)12(6-9)19-23(21,22)15-8-14-13(7-11(15)3)17-16(20)18-14/h4-8,19H,1-3H3,(H2,17,18,20). The van der Waals surface area contributed by atoms with E-state index in [0.717, 1.165) is 11.1 Å². The van der Waals surface area contributed by atoms with Gasteiger partial charge in [0.15, 0.2) is 0 Å². The zero-order valence-corrected chi connectivity index (χ0v) is 13.8. The predicted octanol–water partition coefficient (Wildman–Crippen LogP) is 2.58. The van der Waals surface area contributed by atoms with Gasteiger partial charge in [0.05, 0.1) is 21.6 Å². The molecule has 0 saturated carbocycles. The molecule has 120 valence electrons. The lowest BCUT2D eigenvalue weighted by Gasteiger charge is -2.13. The Bertz CT molecular complexity index is 1060. The summed E-state index contributed by atoms with van der Waals surface area (Å²) >= 11 is 0.